The smallest absolute Gasteiger partial charge is 0.358 e. The van der Waals surface area contributed by atoms with Crippen molar-refractivity contribution in [3.05, 3.63) is 56.7 Å². The summed E-state index contributed by atoms with van der Waals surface area (Å²) in [6.07, 6.45) is -2.18. The predicted octanol–water partition coefficient (Wildman–Crippen LogP) is 4.05. The summed E-state index contributed by atoms with van der Waals surface area (Å²) in [6.45, 7) is 6.42. The van der Waals surface area contributed by atoms with Crippen LogP contribution in [0.2, 0.25) is 0 Å². The molecule has 0 saturated carbocycles. The van der Waals surface area contributed by atoms with Crippen molar-refractivity contribution < 1.29 is 61.7 Å². The van der Waals surface area contributed by atoms with Gasteiger partial charge in [0, 0.05) is 47.9 Å². The van der Waals surface area contributed by atoms with Crippen LogP contribution in [0, 0.1) is 0 Å². The molecule has 1 fully saturated rings. The van der Waals surface area contributed by atoms with Crippen molar-refractivity contribution in [3.63, 3.8) is 0 Å². The SMILES string of the molecule is COCOC[C@H]1OC(Cc2ccc(C(=O)OC)c3c2CCN(c2ccc(Br)c(C(=O)OC(C)(C)C)n2)C3)[C@H](OCOC)[C@@H](OCOC)[C@@H]1OCOC. The summed E-state index contributed by atoms with van der Waals surface area (Å²) >= 11 is 3.44. The molecule has 5 atom stereocenters. The normalized spacial score (nSPS) is 21.9. The van der Waals surface area contributed by atoms with Gasteiger partial charge in [0.05, 0.1) is 29.9 Å². The topological polar surface area (TPSA) is 152 Å². The first-order valence-electron chi connectivity index (χ1n) is 16.9. The van der Waals surface area contributed by atoms with Crippen LogP contribution in [0.4, 0.5) is 5.82 Å². The van der Waals surface area contributed by atoms with Crippen molar-refractivity contribution in [2.24, 2.45) is 0 Å². The number of hydrogen-bond donors (Lipinski definition) is 0. The first-order chi connectivity index (χ1) is 25.0. The lowest BCUT2D eigenvalue weighted by molar-refractivity contribution is -0.297. The molecule has 2 aromatic rings. The first kappa shape index (κ1) is 42.0. The fourth-order valence-corrected chi connectivity index (χ4v) is 6.68. The summed E-state index contributed by atoms with van der Waals surface area (Å²) in [7, 11) is 7.49. The Labute approximate surface area is 313 Å². The number of carbonyl (C=O) groups is 2. The highest BCUT2D eigenvalue weighted by atomic mass is 79.9. The number of hydrogen-bond acceptors (Lipinski definition) is 15. The molecule has 1 aromatic heterocycles. The van der Waals surface area contributed by atoms with Crippen molar-refractivity contribution in [2.75, 3.05) is 80.8 Å². The van der Waals surface area contributed by atoms with Gasteiger partial charge in [-0.3, -0.25) is 0 Å². The molecular weight excluding hydrogens is 748 g/mol. The third kappa shape index (κ3) is 10.9. The lowest BCUT2D eigenvalue weighted by atomic mass is 9.85. The van der Waals surface area contributed by atoms with Crippen LogP contribution in [0.15, 0.2) is 28.7 Å². The molecule has 0 N–H and O–H groups in total. The fourth-order valence-electron chi connectivity index (χ4n) is 6.30. The van der Waals surface area contributed by atoms with Crippen LogP contribution in [0.5, 0.6) is 0 Å². The number of ether oxygens (including phenoxy) is 11. The van der Waals surface area contributed by atoms with Crippen LogP contribution in [0.3, 0.4) is 0 Å². The number of anilines is 1. The zero-order valence-electron chi connectivity index (χ0n) is 31.1. The molecule has 2 aliphatic heterocycles. The Morgan fingerprint density at radius 2 is 1.46 bits per heavy atom. The molecule has 0 bridgehead atoms. The van der Waals surface area contributed by atoms with Crippen molar-refractivity contribution >= 4 is 33.7 Å². The molecule has 1 saturated heterocycles. The number of nitrogens with zero attached hydrogens (tertiary/aromatic N) is 2. The van der Waals surface area contributed by atoms with Gasteiger partial charge in [-0.15, -0.1) is 0 Å². The summed E-state index contributed by atoms with van der Waals surface area (Å²) in [6, 6.07) is 7.28. The van der Waals surface area contributed by atoms with E-state index in [1.807, 2.05) is 17.0 Å². The van der Waals surface area contributed by atoms with Crippen LogP contribution in [0.1, 0.15) is 58.3 Å². The Bertz CT molecular complexity index is 1470. The molecule has 15 nitrogen and oxygen atoms in total. The van der Waals surface area contributed by atoms with E-state index in [0.717, 1.165) is 16.7 Å². The Hall–Kier alpha value is -2.77. The quantitative estimate of drug-likeness (QED) is 0.121. The summed E-state index contributed by atoms with van der Waals surface area (Å²) in [5, 5.41) is 0. The minimum Gasteiger partial charge on any atom is -0.465 e. The van der Waals surface area contributed by atoms with E-state index in [9.17, 15) is 9.59 Å². The first-order valence-corrected chi connectivity index (χ1v) is 17.7. The molecule has 3 heterocycles. The molecule has 0 radical (unpaired) electrons. The second-order valence-corrected chi connectivity index (χ2v) is 14.1. The van der Waals surface area contributed by atoms with Gasteiger partial charge in [0.2, 0.25) is 0 Å². The molecule has 1 aromatic carbocycles. The van der Waals surface area contributed by atoms with Gasteiger partial charge in [-0.2, -0.15) is 0 Å². The number of aromatic nitrogens is 1. The van der Waals surface area contributed by atoms with Crippen LogP contribution in [0.25, 0.3) is 0 Å². The standard InChI is InChI=1S/C36H51BrN2O13/c1-36(2,3)52-35(41)30-26(37)11-12-29(38-30)39-14-13-23-22(9-10-24(25(23)16-39)34(40)46-8)15-27-31(48-19-43-5)33(50-21-45-7)32(49-20-44-6)28(51-27)17-47-18-42-4/h9-12,27-28,31-33H,13-21H2,1-8H3/t27?,28-,31+,32-,33-/m1/s1. The van der Waals surface area contributed by atoms with Crippen LogP contribution in [-0.2, 0) is 71.5 Å². The number of pyridine rings is 1. The van der Waals surface area contributed by atoms with Crippen LogP contribution >= 0.6 is 15.9 Å². The monoisotopic (exact) mass is 798 g/mol. The van der Waals surface area contributed by atoms with Crippen LogP contribution < -0.4 is 4.90 Å². The average molecular weight is 800 g/mol. The highest BCUT2D eigenvalue weighted by Gasteiger charge is 2.49. The van der Waals surface area contributed by atoms with Crippen molar-refractivity contribution in [1.82, 2.24) is 4.98 Å². The van der Waals surface area contributed by atoms with Crippen molar-refractivity contribution in [1.29, 1.82) is 0 Å². The van der Waals surface area contributed by atoms with Gasteiger partial charge in [-0.25, -0.2) is 14.6 Å². The molecule has 1 unspecified atom stereocenters. The highest BCUT2D eigenvalue weighted by Crippen LogP contribution is 2.35. The van der Waals surface area contributed by atoms with Gasteiger partial charge in [-0.05, 0) is 78.0 Å². The second kappa shape index (κ2) is 20.1. The lowest BCUT2D eigenvalue weighted by Gasteiger charge is -2.46. The maximum atomic E-state index is 13.1. The largest absolute Gasteiger partial charge is 0.465 e. The number of rotatable bonds is 18. The summed E-state index contributed by atoms with van der Waals surface area (Å²) < 4.78 is 63.2. The van der Waals surface area contributed by atoms with Gasteiger partial charge in [0.25, 0.3) is 0 Å². The number of halogens is 1. The average Bonchev–Trinajstić information content (AvgIpc) is 3.12. The molecule has 16 heteroatoms. The summed E-state index contributed by atoms with van der Waals surface area (Å²) in [5.41, 5.74) is 2.64. The van der Waals surface area contributed by atoms with E-state index in [1.54, 1.807) is 32.9 Å². The fraction of sp³-hybridized carbons (Fsp3) is 0.639. The van der Waals surface area contributed by atoms with Crippen LogP contribution in [-0.4, -0.2) is 129 Å². The van der Waals surface area contributed by atoms with Gasteiger partial charge in [0.15, 0.2) is 5.69 Å². The van der Waals surface area contributed by atoms with Crippen molar-refractivity contribution in [2.45, 2.75) is 76.3 Å². The van der Waals surface area contributed by atoms with Gasteiger partial charge in [0.1, 0.15) is 63.0 Å². The van der Waals surface area contributed by atoms with E-state index >= 15 is 0 Å². The Morgan fingerprint density at radius 1 is 0.827 bits per heavy atom. The molecule has 0 aliphatic carbocycles. The van der Waals surface area contributed by atoms with E-state index in [-0.39, 0.29) is 39.5 Å². The second-order valence-electron chi connectivity index (χ2n) is 13.2. The molecular formula is C36H51BrN2O13. The Morgan fingerprint density at radius 3 is 2.08 bits per heavy atom. The Kier molecular flexibility index (Phi) is 16.2. The van der Waals surface area contributed by atoms with Gasteiger partial charge >= 0.3 is 11.9 Å². The summed E-state index contributed by atoms with van der Waals surface area (Å²) in [4.78, 5) is 32.8. The zero-order chi connectivity index (χ0) is 37.8. The lowest BCUT2D eigenvalue weighted by Crippen LogP contribution is -2.62. The zero-order valence-corrected chi connectivity index (χ0v) is 32.7. The number of carbonyl (C=O) groups excluding carboxylic acids is 2. The van der Waals surface area contributed by atoms with Crippen molar-refractivity contribution in [3.8, 4) is 0 Å². The third-order valence-corrected chi connectivity index (χ3v) is 9.07. The predicted molar refractivity (Wildman–Crippen MR) is 190 cm³/mol. The third-order valence-electron chi connectivity index (χ3n) is 8.43. The minimum absolute atomic E-state index is 0.0190. The minimum atomic E-state index is -0.690. The molecule has 2 aliphatic rings. The maximum absolute atomic E-state index is 13.1. The number of methoxy groups -OCH3 is 5. The number of esters is 2. The molecule has 52 heavy (non-hydrogen) atoms. The Balaban J connectivity index is 1.71. The van der Waals surface area contributed by atoms with E-state index < -0.39 is 48.1 Å². The molecule has 0 amide bonds. The van der Waals surface area contributed by atoms with E-state index in [4.69, 9.17) is 52.1 Å². The molecule has 290 valence electrons. The van der Waals surface area contributed by atoms with Gasteiger partial charge < -0.3 is 57.0 Å². The highest BCUT2D eigenvalue weighted by molar-refractivity contribution is 9.10. The molecule has 4 rings (SSSR count). The summed E-state index contributed by atoms with van der Waals surface area (Å²) in [5.74, 6) is -0.430. The van der Waals surface area contributed by atoms with E-state index in [0.29, 0.717) is 41.8 Å². The number of fused-ring (bicyclic) bond motifs is 1. The maximum Gasteiger partial charge on any atom is 0.358 e. The van der Waals surface area contributed by atoms with E-state index in [2.05, 4.69) is 20.9 Å². The number of benzene rings is 1. The van der Waals surface area contributed by atoms with E-state index in [1.165, 1.54) is 35.5 Å². The molecule has 0 spiro atoms. The van der Waals surface area contributed by atoms with Gasteiger partial charge in [-0.1, -0.05) is 6.07 Å².